The van der Waals surface area contributed by atoms with Crippen LogP contribution in [0, 0.1) is 0 Å². The lowest BCUT2D eigenvalue weighted by atomic mass is 10.1. The highest BCUT2D eigenvalue weighted by Crippen LogP contribution is 2.13. The molecule has 0 unspecified atom stereocenters. The van der Waals surface area contributed by atoms with Gasteiger partial charge in [-0.2, -0.15) is 0 Å². The average Bonchev–Trinajstić information content (AvgIpc) is 3.46. The Hall–Kier alpha value is -3.77. The molecule has 0 atom stereocenters. The number of carbonyl (C=O) groups excluding carboxylic acids is 1. The molecule has 4 aromatic rings. The summed E-state index contributed by atoms with van der Waals surface area (Å²) in [5, 5.41) is 12.9. The first-order valence-electron chi connectivity index (χ1n) is 9.00. The van der Waals surface area contributed by atoms with E-state index in [0.29, 0.717) is 16.6 Å². The van der Waals surface area contributed by atoms with E-state index < -0.39 is 6.61 Å². The van der Waals surface area contributed by atoms with Crippen LogP contribution in [-0.4, -0.2) is 37.4 Å². The number of aliphatic hydroxyl groups excluding tert-OH is 1. The van der Waals surface area contributed by atoms with Crippen LogP contribution in [-0.2, 0) is 4.79 Å². The minimum Gasteiger partial charge on any atom is -0.388 e. The number of nitrogens with one attached hydrogen (secondary N) is 4. The van der Waals surface area contributed by atoms with Crippen LogP contribution in [0.25, 0.3) is 23.8 Å². The summed E-state index contributed by atoms with van der Waals surface area (Å²) in [7, 11) is 0. The summed E-state index contributed by atoms with van der Waals surface area (Å²) in [6.07, 6.45) is 6.00. The van der Waals surface area contributed by atoms with Gasteiger partial charge in [0.2, 0.25) is 0 Å². The predicted octanol–water partition coefficient (Wildman–Crippen LogP) is -0.441. The first-order valence-corrected chi connectivity index (χ1v) is 9.00. The number of aromatic nitrogens is 4. The Kier molecular flexibility index (Phi) is 3.77. The Morgan fingerprint density at radius 1 is 0.679 bits per heavy atom. The summed E-state index contributed by atoms with van der Waals surface area (Å²) in [5.41, 5.74) is 3.89. The van der Waals surface area contributed by atoms with Gasteiger partial charge in [0.15, 0.2) is 5.78 Å². The third-order valence-electron chi connectivity index (χ3n) is 4.77. The third kappa shape index (κ3) is 2.95. The Morgan fingerprint density at radius 3 is 1.93 bits per heavy atom. The van der Waals surface area contributed by atoms with Crippen LogP contribution < -0.4 is 21.4 Å². The van der Waals surface area contributed by atoms with Gasteiger partial charge in [-0.1, -0.05) is 0 Å². The van der Waals surface area contributed by atoms with E-state index in [1.165, 1.54) is 0 Å². The lowest BCUT2D eigenvalue weighted by molar-refractivity contribution is -0.116. The van der Waals surface area contributed by atoms with Crippen molar-refractivity contribution in [2.24, 2.45) is 0 Å². The summed E-state index contributed by atoms with van der Waals surface area (Å²) in [6, 6.07) is 15.6. The van der Waals surface area contributed by atoms with E-state index in [0.717, 1.165) is 33.1 Å². The number of rotatable bonds is 2. The van der Waals surface area contributed by atoms with Crippen LogP contribution in [0.4, 0.5) is 0 Å². The van der Waals surface area contributed by atoms with Crippen molar-refractivity contribution in [2.45, 2.75) is 0 Å². The molecule has 5 heterocycles. The smallest absolute Gasteiger partial charge is 0.192 e. The Labute approximate surface area is 159 Å². The third-order valence-corrected chi connectivity index (χ3v) is 4.77. The van der Waals surface area contributed by atoms with Crippen molar-refractivity contribution in [3.8, 4) is 0 Å². The average molecular weight is 370 g/mol. The minimum absolute atomic E-state index is 0.346. The van der Waals surface area contributed by atoms with Gasteiger partial charge in [-0.3, -0.25) is 4.79 Å². The fourth-order valence-corrected chi connectivity index (χ4v) is 3.51. The molecule has 0 aliphatic carbocycles. The predicted molar refractivity (Wildman–Crippen MR) is 107 cm³/mol. The fourth-order valence-electron chi connectivity index (χ4n) is 3.51. The maximum absolute atomic E-state index is 12.5. The van der Waals surface area contributed by atoms with E-state index in [1.54, 1.807) is 0 Å². The normalized spacial score (nSPS) is 12.8. The van der Waals surface area contributed by atoms with Gasteiger partial charge in [-0.25, -0.2) is 0 Å². The molecule has 1 aliphatic heterocycles. The molecule has 6 heteroatoms. The zero-order chi connectivity index (χ0) is 19.1. The summed E-state index contributed by atoms with van der Waals surface area (Å²) in [5.74, 6) is -0.346. The molecule has 138 valence electrons. The molecule has 0 fully saturated rings. The maximum Gasteiger partial charge on any atom is 0.192 e. The van der Waals surface area contributed by atoms with Gasteiger partial charge in [0, 0.05) is 33.1 Å². The van der Waals surface area contributed by atoms with Gasteiger partial charge in [-0.05, 0) is 66.8 Å². The Bertz CT molecular complexity index is 1430. The number of hydrogen-bond donors (Lipinski definition) is 5. The van der Waals surface area contributed by atoms with Crippen LogP contribution in [0.3, 0.4) is 0 Å². The molecule has 5 N–H and O–H groups in total. The number of hydrogen-bond acceptors (Lipinski definition) is 2. The standard InChI is InChI=1S/C22H18N4O2/c27-12-21(28)22-19-7-5-17(25-19)10-15-3-1-13(23-15)9-14-2-4-16(24-14)11-18-6-8-20(22)26-18/h1-11,23-27H,12H2. The molecule has 0 spiro atoms. The lowest BCUT2D eigenvalue weighted by Crippen LogP contribution is -2.21. The molecule has 0 saturated heterocycles. The SMILES string of the molecule is O=C(CO)C1=c2ccc([nH]2)=Cc2ccc([nH]2)C=c2ccc([nH]2)=Cc2ccc1[nH]2. The van der Waals surface area contributed by atoms with Crippen LogP contribution in [0.15, 0.2) is 48.5 Å². The summed E-state index contributed by atoms with van der Waals surface area (Å²) >= 11 is 0. The molecule has 28 heavy (non-hydrogen) atoms. The second-order valence-electron chi connectivity index (χ2n) is 6.78. The van der Waals surface area contributed by atoms with Gasteiger partial charge in [-0.15, -0.1) is 0 Å². The molecule has 1 aliphatic rings. The molecule has 6 nitrogen and oxygen atoms in total. The van der Waals surface area contributed by atoms with Crippen molar-refractivity contribution in [2.75, 3.05) is 6.61 Å². The number of ketones is 1. The summed E-state index contributed by atoms with van der Waals surface area (Å²) < 4.78 is 0. The topological polar surface area (TPSA) is 100 Å². The summed E-state index contributed by atoms with van der Waals surface area (Å²) in [4.78, 5) is 25.7. The van der Waals surface area contributed by atoms with Gasteiger partial charge in [0.05, 0.1) is 16.6 Å². The highest BCUT2D eigenvalue weighted by Gasteiger charge is 2.14. The van der Waals surface area contributed by atoms with Crippen molar-refractivity contribution >= 4 is 29.6 Å². The minimum atomic E-state index is -0.554. The molecular weight excluding hydrogens is 352 g/mol. The molecule has 0 amide bonds. The van der Waals surface area contributed by atoms with Gasteiger partial charge in [0.25, 0.3) is 0 Å². The Morgan fingerprint density at radius 2 is 1.25 bits per heavy atom. The van der Waals surface area contributed by atoms with Crippen LogP contribution in [0.1, 0.15) is 22.8 Å². The monoisotopic (exact) mass is 370 g/mol. The first-order chi connectivity index (χ1) is 13.7. The molecule has 4 aromatic heterocycles. The number of carbonyl (C=O) groups is 1. The van der Waals surface area contributed by atoms with Crippen LogP contribution >= 0.6 is 0 Å². The number of aliphatic hydroxyl groups is 1. The van der Waals surface area contributed by atoms with E-state index in [4.69, 9.17) is 0 Å². The van der Waals surface area contributed by atoms with Gasteiger partial charge >= 0.3 is 0 Å². The van der Waals surface area contributed by atoms with Crippen molar-refractivity contribution in [3.05, 3.63) is 92.7 Å². The molecule has 8 bridgehead atoms. The molecule has 5 rings (SSSR count). The fraction of sp³-hybridized carbons (Fsp3) is 0.0455. The van der Waals surface area contributed by atoms with Gasteiger partial charge < -0.3 is 25.0 Å². The van der Waals surface area contributed by atoms with Crippen molar-refractivity contribution < 1.29 is 9.90 Å². The van der Waals surface area contributed by atoms with Crippen molar-refractivity contribution in [1.82, 2.24) is 19.9 Å². The zero-order valence-electron chi connectivity index (χ0n) is 14.9. The van der Waals surface area contributed by atoms with Gasteiger partial charge in [0.1, 0.15) is 6.61 Å². The number of H-pyrrole nitrogens is 4. The Balaban J connectivity index is 1.83. The summed E-state index contributed by atoms with van der Waals surface area (Å²) in [6.45, 7) is -0.554. The maximum atomic E-state index is 12.5. The van der Waals surface area contributed by atoms with Crippen LogP contribution in [0.5, 0.6) is 0 Å². The number of aromatic amines is 4. The molecule has 0 radical (unpaired) electrons. The van der Waals surface area contributed by atoms with E-state index in [-0.39, 0.29) is 5.78 Å². The molecular formula is C22H18N4O2. The second-order valence-corrected chi connectivity index (χ2v) is 6.78. The zero-order valence-corrected chi connectivity index (χ0v) is 14.9. The highest BCUT2D eigenvalue weighted by molar-refractivity contribution is 6.20. The molecule has 0 saturated carbocycles. The lowest BCUT2D eigenvalue weighted by Gasteiger charge is -2.01. The molecule has 0 aromatic carbocycles. The van der Waals surface area contributed by atoms with E-state index in [9.17, 15) is 9.90 Å². The van der Waals surface area contributed by atoms with E-state index in [1.807, 2.05) is 66.8 Å². The van der Waals surface area contributed by atoms with E-state index >= 15 is 0 Å². The quantitative estimate of drug-likeness (QED) is 0.330. The highest BCUT2D eigenvalue weighted by atomic mass is 16.3. The van der Waals surface area contributed by atoms with Crippen molar-refractivity contribution in [3.63, 3.8) is 0 Å². The van der Waals surface area contributed by atoms with Crippen molar-refractivity contribution in [1.29, 1.82) is 0 Å². The number of Topliss-reactive ketones (excluding diaryl/α,β-unsaturated/α-hetero) is 1. The first kappa shape index (κ1) is 16.4. The second kappa shape index (κ2) is 6.44. The van der Waals surface area contributed by atoms with Crippen LogP contribution in [0.2, 0.25) is 0 Å². The van der Waals surface area contributed by atoms with E-state index in [2.05, 4.69) is 19.9 Å². The largest absolute Gasteiger partial charge is 0.388 e. The number of fused-ring (bicyclic) bond motifs is 8.